The van der Waals surface area contributed by atoms with E-state index in [2.05, 4.69) is 22.5 Å². The van der Waals surface area contributed by atoms with Crippen molar-refractivity contribution in [3.63, 3.8) is 0 Å². The Bertz CT molecular complexity index is 797. The molecule has 2 N–H and O–H groups in total. The lowest BCUT2D eigenvalue weighted by molar-refractivity contribution is -0.141. The summed E-state index contributed by atoms with van der Waals surface area (Å²) in [5.74, 6) is -1.06. The van der Waals surface area contributed by atoms with Crippen LogP contribution < -0.4 is 5.32 Å². The lowest BCUT2D eigenvalue weighted by Gasteiger charge is -2.17. The molecule has 0 bridgehead atoms. The Morgan fingerprint density at radius 1 is 1.40 bits per heavy atom. The molecule has 0 saturated heterocycles. The second-order valence-corrected chi connectivity index (χ2v) is 6.68. The number of carbonyl (C=O) groups is 2. The van der Waals surface area contributed by atoms with Gasteiger partial charge in [-0.05, 0) is 42.4 Å². The highest BCUT2D eigenvalue weighted by molar-refractivity contribution is 5.84. The van der Waals surface area contributed by atoms with Gasteiger partial charge >= 0.3 is 5.97 Å². The Balaban J connectivity index is 1.64. The van der Waals surface area contributed by atoms with Crippen molar-refractivity contribution in [2.24, 2.45) is 7.05 Å². The van der Waals surface area contributed by atoms with Crippen LogP contribution in [0, 0.1) is 6.92 Å². The normalized spacial score (nSPS) is 17.1. The topological polar surface area (TPSA) is 84.2 Å². The van der Waals surface area contributed by atoms with Crippen LogP contribution in [0.4, 0.5) is 0 Å². The lowest BCUT2D eigenvalue weighted by atomic mass is 9.97. The molecule has 0 fully saturated rings. The van der Waals surface area contributed by atoms with E-state index in [4.69, 9.17) is 0 Å². The van der Waals surface area contributed by atoms with E-state index in [1.54, 1.807) is 10.9 Å². The molecule has 1 amide bonds. The van der Waals surface area contributed by atoms with Crippen LogP contribution >= 0.6 is 0 Å². The molecule has 25 heavy (non-hydrogen) atoms. The summed E-state index contributed by atoms with van der Waals surface area (Å²) in [5.41, 5.74) is 4.25. The number of fused-ring (bicyclic) bond motifs is 1. The van der Waals surface area contributed by atoms with Gasteiger partial charge < -0.3 is 10.4 Å². The van der Waals surface area contributed by atoms with E-state index in [1.807, 2.05) is 26.1 Å². The number of carbonyl (C=O) groups excluding carboxylic acids is 1. The van der Waals surface area contributed by atoms with E-state index in [0.717, 1.165) is 24.1 Å². The Morgan fingerprint density at radius 2 is 2.16 bits per heavy atom. The molecule has 1 aliphatic carbocycles. The molecule has 1 aliphatic rings. The SMILES string of the molecule is Cc1c(CC(NC(=O)CC2CCc3ccccc32)C(=O)O)cnn1C. The summed E-state index contributed by atoms with van der Waals surface area (Å²) in [6, 6.07) is 7.22. The molecule has 1 heterocycles. The van der Waals surface area contributed by atoms with Gasteiger partial charge in [0.15, 0.2) is 0 Å². The number of hydrogen-bond acceptors (Lipinski definition) is 3. The third kappa shape index (κ3) is 3.73. The van der Waals surface area contributed by atoms with Gasteiger partial charge in [-0.15, -0.1) is 0 Å². The van der Waals surface area contributed by atoms with Gasteiger partial charge in [0.25, 0.3) is 0 Å². The molecule has 0 radical (unpaired) electrons. The van der Waals surface area contributed by atoms with Crippen LogP contribution in [0.2, 0.25) is 0 Å². The number of nitrogens with zero attached hydrogens (tertiary/aromatic N) is 2. The van der Waals surface area contributed by atoms with Crippen molar-refractivity contribution in [3.05, 3.63) is 52.8 Å². The summed E-state index contributed by atoms with van der Waals surface area (Å²) < 4.78 is 1.70. The number of amides is 1. The van der Waals surface area contributed by atoms with Crippen molar-refractivity contribution in [1.29, 1.82) is 0 Å². The number of rotatable bonds is 6. The molecule has 2 aromatic rings. The zero-order chi connectivity index (χ0) is 18.0. The van der Waals surface area contributed by atoms with Gasteiger partial charge in [-0.1, -0.05) is 24.3 Å². The highest BCUT2D eigenvalue weighted by Gasteiger charge is 2.27. The molecule has 3 rings (SSSR count). The maximum Gasteiger partial charge on any atom is 0.326 e. The number of aryl methyl sites for hydroxylation is 2. The molecule has 132 valence electrons. The first kappa shape index (κ1) is 17.2. The third-order valence-electron chi connectivity index (χ3n) is 5.08. The first-order valence-corrected chi connectivity index (χ1v) is 8.53. The minimum Gasteiger partial charge on any atom is -0.480 e. The predicted octanol–water partition coefficient (Wildman–Crippen LogP) is 1.96. The first-order valence-electron chi connectivity index (χ1n) is 8.53. The fourth-order valence-corrected chi connectivity index (χ4v) is 3.50. The fraction of sp³-hybridized carbons (Fsp3) is 0.421. The summed E-state index contributed by atoms with van der Waals surface area (Å²) in [7, 11) is 1.81. The number of carboxylic acid groups (broad SMARTS) is 1. The van der Waals surface area contributed by atoms with Gasteiger partial charge in [0, 0.05) is 25.6 Å². The van der Waals surface area contributed by atoms with Crippen LogP contribution in [0.1, 0.15) is 41.1 Å². The van der Waals surface area contributed by atoms with Gasteiger partial charge in [0.1, 0.15) is 6.04 Å². The van der Waals surface area contributed by atoms with E-state index in [1.165, 1.54) is 11.1 Å². The minimum atomic E-state index is -1.02. The van der Waals surface area contributed by atoms with Crippen molar-refractivity contribution >= 4 is 11.9 Å². The number of aromatic nitrogens is 2. The molecule has 6 nitrogen and oxygen atoms in total. The minimum absolute atomic E-state index is 0.172. The first-order chi connectivity index (χ1) is 12.0. The lowest BCUT2D eigenvalue weighted by Crippen LogP contribution is -2.42. The summed E-state index contributed by atoms with van der Waals surface area (Å²) >= 11 is 0. The van der Waals surface area contributed by atoms with Gasteiger partial charge in [-0.25, -0.2) is 4.79 Å². The largest absolute Gasteiger partial charge is 0.480 e. The van der Waals surface area contributed by atoms with E-state index in [0.29, 0.717) is 6.42 Å². The number of nitrogens with one attached hydrogen (secondary N) is 1. The van der Waals surface area contributed by atoms with Crippen molar-refractivity contribution in [3.8, 4) is 0 Å². The van der Waals surface area contributed by atoms with E-state index < -0.39 is 12.0 Å². The molecular formula is C19H23N3O3. The Morgan fingerprint density at radius 3 is 2.84 bits per heavy atom. The number of carboxylic acids is 1. The average Bonchev–Trinajstić information content (AvgIpc) is 3.12. The van der Waals surface area contributed by atoms with Gasteiger partial charge in [-0.2, -0.15) is 5.10 Å². The number of hydrogen-bond donors (Lipinski definition) is 2. The van der Waals surface area contributed by atoms with E-state index in [9.17, 15) is 14.7 Å². The summed E-state index contributed by atoms with van der Waals surface area (Å²) in [4.78, 5) is 24.0. The molecule has 2 atom stereocenters. The highest BCUT2D eigenvalue weighted by Crippen LogP contribution is 2.35. The quantitative estimate of drug-likeness (QED) is 0.841. The molecule has 1 aromatic heterocycles. The Labute approximate surface area is 146 Å². The Hall–Kier alpha value is -2.63. The van der Waals surface area contributed by atoms with Crippen molar-refractivity contribution < 1.29 is 14.7 Å². The maximum absolute atomic E-state index is 12.4. The average molecular weight is 341 g/mol. The predicted molar refractivity (Wildman–Crippen MR) is 93.3 cm³/mol. The van der Waals surface area contributed by atoms with Gasteiger partial charge in [0.2, 0.25) is 5.91 Å². The molecule has 1 aromatic carbocycles. The molecule has 0 saturated carbocycles. The van der Waals surface area contributed by atoms with Crippen LogP contribution in [-0.4, -0.2) is 32.8 Å². The maximum atomic E-state index is 12.4. The van der Waals surface area contributed by atoms with E-state index >= 15 is 0 Å². The molecule has 2 unspecified atom stereocenters. The Kier molecular flexibility index (Phi) is 4.88. The molecular weight excluding hydrogens is 318 g/mol. The smallest absolute Gasteiger partial charge is 0.326 e. The van der Waals surface area contributed by atoms with Crippen LogP contribution in [0.25, 0.3) is 0 Å². The summed E-state index contributed by atoms with van der Waals surface area (Å²) in [6.07, 6.45) is 4.14. The molecule has 0 aliphatic heterocycles. The standard InChI is InChI=1S/C19H23N3O3/c1-12-15(11-20-22(12)2)9-17(19(24)25)21-18(23)10-14-8-7-13-5-3-4-6-16(13)14/h3-6,11,14,17H,7-10H2,1-2H3,(H,21,23)(H,24,25). The van der Waals surface area contributed by atoms with E-state index in [-0.39, 0.29) is 18.2 Å². The zero-order valence-electron chi connectivity index (χ0n) is 14.5. The monoisotopic (exact) mass is 341 g/mol. The number of aliphatic carboxylic acids is 1. The second-order valence-electron chi connectivity index (χ2n) is 6.68. The fourth-order valence-electron chi connectivity index (χ4n) is 3.50. The summed E-state index contributed by atoms with van der Waals surface area (Å²) in [5, 5.41) is 16.3. The van der Waals surface area contributed by atoms with Gasteiger partial charge in [0.05, 0.1) is 6.20 Å². The van der Waals surface area contributed by atoms with Crippen molar-refractivity contribution in [2.45, 2.75) is 44.6 Å². The number of benzene rings is 1. The second kappa shape index (κ2) is 7.09. The zero-order valence-corrected chi connectivity index (χ0v) is 14.5. The van der Waals surface area contributed by atoms with Crippen LogP contribution in [0.15, 0.2) is 30.5 Å². The highest BCUT2D eigenvalue weighted by atomic mass is 16.4. The molecule has 0 spiro atoms. The third-order valence-corrected chi connectivity index (χ3v) is 5.08. The van der Waals surface area contributed by atoms with Gasteiger partial charge in [-0.3, -0.25) is 9.48 Å². The van der Waals surface area contributed by atoms with Crippen LogP contribution in [-0.2, 0) is 29.5 Å². The summed E-state index contributed by atoms with van der Waals surface area (Å²) in [6.45, 7) is 1.89. The van der Waals surface area contributed by atoms with Crippen LogP contribution in [0.3, 0.4) is 0 Å². The molecule has 6 heteroatoms. The van der Waals surface area contributed by atoms with Crippen molar-refractivity contribution in [1.82, 2.24) is 15.1 Å². The van der Waals surface area contributed by atoms with Crippen LogP contribution in [0.5, 0.6) is 0 Å². The van der Waals surface area contributed by atoms with Crippen molar-refractivity contribution in [2.75, 3.05) is 0 Å².